The molecule has 0 aromatic heterocycles. The highest BCUT2D eigenvalue weighted by Gasteiger charge is 2.39. The van der Waals surface area contributed by atoms with Crippen molar-refractivity contribution in [2.45, 2.75) is 32.5 Å². The smallest absolute Gasteiger partial charge is 0.171 e. The number of rotatable bonds is 2. The van der Waals surface area contributed by atoms with Crippen molar-refractivity contribution in [3.8, 4) is 0 Å². The number of hydrazone groups is 1. The Hall–Kier alpha value is -1.83. The number of anilines is 1. The Balaban J connectivity index is 0.000000924. The van der Waals surface area contributed by atoms with Gasteiger partial charge in [-0.1, -0.05) is 13.8 Å². The number of nitrogens with zero attached hydrogens (tertiary/aromatic N) is 2. The van der Waals surface area contributed by atoms with Crippen LogP contribution >= 0.6 is 0 Å². The molecule has 0 unspecified atom stereocenters. The molecule has 0 aliphatic carbocycles. The molecular weight excluding hydrogens is 294 g/mol. The van der Waals surface area contributed by atoms with Gasteiger partial charge in [-0.3, -0.25) is 0 Å². The van der Waals surface area contributed by atoms with Crippen LogP contribution in [0.25, 0.3) is 0 Å². The van der Waals surface area contributed by atoms with Crippen LogP contribution in [0.5, 0.6) is 0 Å². The van der Waals surface area contributed by atoms with E-state index in [1.807, 2.05) is 38.1 Å². The van der Waals surface area contributed by atoms with Gasteiger partial charge < -0.3 is 25.6 Å². The lowest BCUT2D eigenvalue weighted by atomic mass is 10.0. The molecule has 5 N–H and O–H groups in total. The van der Waals surface area contributed by atoms with E-state index in [-0.39, 0.29) is 5.79 Å². The van der Waals surface area contributed by atoms with Crippen molar-refractivity contribution < 1.29 is 9.47 Å². The van der Waals surface area contributed by atoms with E-state index >= 15 is 0 Å². The summed E-state index contributed by atoms with van der Waals surface area (Å²) >= 11 is 0. The van der Waals surface area contributed by atoms with Crippen LogP contribution in [0.1, 0.15) is 32.3 Å². The maximum Gasteiger partial charge on any atom is 0.171 e. The van der Waals surface area contributed by atoms with Crippen LogP contribution in [0.2, 0.25) is 0 Å². The van der Waals surface area contributed by atoms with Crippen LogP contribution in [-0.4, -0.2) is 37.9 Å². The number of hydrazine groups is 1. The third kappa shape index (κ3) is 3.93. The minimum atomic E-state index is -0.334. The molecule has 1 aromatic rings. The van der Waals surface area contributed by atoms with E-state index in [0.29, 0.717) is 19.0 Å². The fourth-order valence-corrected chi connectivity index (χ4v) is 2.92. The van der Waals surface area contributed by atoms with Crippen LogP contribution < -0.4 is 22.0 Å². The number of hydrogen-bond acceptors (Lipinski definition) is 6. The van der Waals surface area contributed by atoms with Gasteiger partial charge in [-0.05, 0) is 24.3 Å². The van der Waals surface area contributed by atoms with Crippen LogP contribution in [0, 0.1) is 0 Å². The van der Waals surface area contributed by atoms with Crippen LogP contribution in [0.15, 0.2) is 29.4 Å². The molecule has 0 atom stereocenters. The lowest BCUT2D eigenvalue weighted by molar-refractivity contribution is -0.169. The number of amidine groups is 1. The van der Waals surface area contributed by atoms with E-state index < -0.39 is 0 Å². The van der Waals surface area contributed by atoms with Gasteiger partial charge in [-0.15, -0.1) is 0 Å². The fourth-order valence-electron chi connectivity index (χ4n) is 2.92. The lowest BCUT2D eigenvalue weighted by Gasteiger charge is -2.38. The summed E-state index contributed by atoms with van der Waals surface area (Å²) in [6.07, 6.45) is 1.79. The average molecular weight is 321 g/mol. The number of nitrogens with one attached hydrogen (secondary N) is 1. The van der Waals surface area contributed by atoms with Crippen molar-refractivity contribution >= 4 is 11.5 Å². The van der Waals surface area contributed by atoms with Gasteiger partial charge in [0, 0.05) is 37.2 Å². The molecule has 2 aliphatic rings. The van der Waals surface area contributed by atoms with Crippen LogP contribution in [0.4, 0.5) is 5.69 Å². The van der Waals surface area contributed by atoms with Gasteiger partial charge in [0.2, 0.25) is 0 Å². The number of benzene rings is 1. The van der Waals surface area contributed by atoms with E-state index in [4.69, 9.17) is 21.2 Å². The lowest BCUT2D eigenvalue weighted by Crippen LogP contribution is -2.45. The molecule has 128 valence electrons. The zero-order valence-electron chi connectivity index (χ0n) is 13.9. The maximum atomic E-state index is 5.74. The molecule has 23 heavy (non-hydrogen) atoms. The zero-order valence-corrected chi connectivity index (χ0v) is 13.9. The van der Waals surface area contributed by atoms with E-state index in [2.05, 4.69) is 15.4 Å². The SMILES string of the molecule is CC.N/N=C(/NN)c1ccc(N2CCC3(CC2)OCCO3)cc1. The van der Waals surface area contributed by atoms with Gasteiger partial charge in [-0.25, -0.2) is 5.84 Å². The second-order valence-corrected chi connectivity index (χ2v) is 5.26. The molecular formula is C16H27N5O2. The summed E-state index contributed by atoms with van der Waals surface area (Å²) in [5, 5.41) is 3.60. The molecule has 0 radical (unpaired) electrons. The molecule has 2 fully saturated rings. The highest BCUT2D eigenvalue weighted by molar-refractivity contribution is 5.98. The van der Waals surface area contributed by atoms with E-state index in [0.717, 1.165) is 31.5 Å². The Bertz CT molecular complexity index is 502. The molecule has 0 amide bonds. The molecule has 1 aromatic carbocycles. The first kappa shape index (κ1) is 17.5. The Morgan fingerprint density at radius 1 is 1.13 bits per heavy atom. The van der Waals surface area contributed by atoms with Crippen molar-refractivity contribution in [3.63, 3.8) is 0 Å². The summed E-state index contributed by atoms with van der Waals surface area (Å²) in [7, 11) is 0. The minimum Gasteiger partial charge on any atom is -0.371 e. The standard InChI is InChI=1S/C14H21N5O2.C2H6/c15-17-13(18-16)11-1-3-12(4-2-11)19-7-5-14(6-8-19)20-9-10-21-14;1-2/h1-4H,5-10,15-16H2,(H,17,18);1-2H3. The van der Waals surface area contributed by atoms with Gasteiger partial charge >= 0.3 is 0 Å². The monoisotopic (exact) mass is 321 g/mol. The molecule has 0 saturated carbocycles. The normalized spacial score (nSPS) is 20.1. The molecule has 2 heterocycles. The number of hydrogen-bond donors (Lipinski definition) is 3. The molecule has 2 aliphatic heterocycles. The topological polar surface area (TPSA) is 98.1 Å². The number of nitrogens with two attached hydrogens (primary N) is 2. The Morgan fingerprint density at radius 2 is 1.70 bits per heavy atom. The summed E-state index contributed by atoms with van der Waals surface area (Å²) in [6, 6.07) is 8.00. The quantitative estimate of drug-likeness (QED) is 0.327. The summed E-state index contributed by atoms with van der Waals surface area (Å²) in [4.78, 5) is 2.33. The average Bonchev–Trinajstić information content (AvgIpc) is 3.07. The van der Waals surface area contributed by atoms with Crippen molar-refractivity contribution in [2.75, 3.05) is 31.2 Å². The van der Waals surface area contributed by atoms with Crippen LogP contribution in [-0.2, 0) is 9.47 Å². The molecule has 0 bridgehead atoms. The van der Waals surface area contributed by atoms with Crippen molar-refractivity contribution in [1.82, 2.24) is 5.43 Å². The highest BCUT2D eigenvalue weighted by atomic mass is 16.7. The molecule has 2 saturated heterocycles. The van der Waals surface area contributed by atoms with Crippen molar-refractivity contribution in [2.24, 2.45) is 16.8 Å². The number of ether oxygens (including phenoxy) is 2. The number of piperidine rings is 1. The third-order valence-corrected chi connectivity index (χ3v) is 4.11. The van der Waals surface area contributed by atoms with Crippen molar-refractivity contribution in [3.05, 3.63) is 29.8 Å². The van der Waals surface area contributed by atoms with Gasteiger partial charge in [-0.2, -0.15) is 5.10 Å². The maximum absolute atomic E-state index is 5.74. The van der Waals surface area contributed by atoms with Gasteiger partial charge in [0.1, 0.15) is 0 Å². The third-order valence-electron chi connectivity index (χ3n) is 4.11. The predicted octanol–water partition coefficient (Wildman–Crippen LogP) is 1.14. The van der Waals surface area contributed by atoms with E-state index in [9.17, 15) is 0 Å². The summed E-state index contributed by atoms with van der Waals surface area (Å²) in [5.74, 6) is 10.8. The summed E-state index contributed by atoms with van der Waals surface area (Å²) in [5.41, 5.74) is 4.51. The fraction of sp³-hybridized carbons (Fsp3) is 0.562. The predicted molar refractivity (Wildman–Crippen MR) is 91.9 cm³/mol. The second kappa shape index (κ2) is 8.14. The van der Waals surface area contributed by atoms with Gasteiger partial charge in [0.25, 0.3) is 0 Å². The van der Waals surface area contributed by atoms with Gasteiger partial charge in [0.15, 0.2) is 11.6 Å². The molecule has 7 heteroatoms. The Kier molecular flexibility index (Phi) is 6.20. The highest BCUT2D eigenvalue weighted by Crippen LogP contribution is 2.33. The Labute approximate surface area is 137 Å². The first-order valence-electron chi connectivity index (χ1n) is 8.14. The second-order valence-electron chi connectivity index (χ2n) is 5.26. The summed E-state index contributed by atoms with van der Waals surface area (Å²) < 4.78 is 11.5. The van der Waals surface area contributed by atoms with Gasteiger partial charge in [0.05, 0.1) is 13.2 Å². The molecule has 3 rings (SSSR count). The first-order valence-corrected chi connectivity index (χ1v) is 8.14. The summed E-state index contributed by atoms with van der Waals surface area (Å²) in [6.45, 7) is 7.27. The largest absolute Gasteiger partial charge is 0.371 e. The van der Waals surface area contributed by atoms with Crippen LogP contribution in [0.3, 0.4) is 0 Å². The molecule has 1 spiro atoms. The first-order chi connectivity index (χ1) is 11.3. The molecule has 7 nitrogen and oxygen atoms in total. The van der Waals surface area contributed by atoms with Crippen molar-refractivity contribution in [1.29, 1.82) is 0 Å². The minimum absolute atomic E-state index is 0.334. The van der Waals surface area contributed by atoms with E-state index in [1.54, 1.807) is 0 Å². The zero-order chi connectivity index (χ0) is 16.7. The van der Waals surface area contributed by atoms with E-state index in [1.165, 1.54) is 5.69 Å². The Morgan fingerprint density at radius 3 is 2.17 bits per heavy atom.